The normalized spacial score (nSPS) is 18.7. The Morgan fingerprint density at radius 3 is 2.55 bits per heavy atom. The molecule has 10 heteroatoms. The molecular weight excluding hydrogens is 502 g/mol. The lowest BCUT2D eigenvalue weighted by Gasteiger charge is -2.23. The van der Waals surface area contributed by atoms with Gasteiger partial charge in [-0.2, -0.15) is 0 Å². The van der Waals surface area contributed by atoms with Crippen LogP contribution in [0.25, 0.3) is 21.1 Å². The molecule has 1 aliphatic heterocycles. The number of aromatic nitrogens is 2. The van der Waals surface area contributed by atoms with Gasteiger partial charge in [-0.05, 0) is 55.9 Å². The number of rotatable bonds is 9. The zero-order valence-corrected chi connectivity index (χ0v) is 21.3. The highest BCUT2D eigenvalue weighted by Crippen LogP contribution is 2.33. The van der Waals surface area contributed by atoms with Crippen molar-refractivity contribution in [2.45, 2.75) is 37.8 Å². The van der Waals surface area contributed by atoms with Crippen LogP contribution in [0.2, 0.25) is 0 Å². The van der Waals surface area contributed by atoms with Crippen LogP contribution in [-0.2, 0) is 9.59 Å². The van der Waals surface area contributed by atoms with Crippen LogP contribution in [0.3, 0.4) is 0 Å². The maximum absolute atomic E-state index is 13.6. The van der Waals surface area contributed by atoms with Gasteiger partial charge >= 0.3 is 0 Å². The highest BCUT2D eigenvalue weighted by molar-refractivity contribution is 7.20. The van der Waals surface area contributed by atoms with Crippen molar-refractivity contribution in [2.75, 3.05) is 6.54 Å². The number of fused-ring (bicyclic) bond motifs is 2. The number of Topliss-reactive ketones (excluding diaryl/α,β-unsaturated/α-hetero) is 1. The summed E-state index contributed by atoms with van der Waals surface area (Å²) in [4.78, 5) is 60.1. The number of para-hydroxylation sites is 2. The summed E-state index contributed by atoms with van der Waals surface area (Å²) in [5, 5.41) is 9.76. The number of ketones is 1. The lowest BCUT2D eigenvalue weighted by atomic mass is 9.95. The van der Waals surface area contributed by atoms with Gasteiger partial charge in [0.25, 0.3) is 5.91 Å². The first-order valence-electron chi connectivity index (χ1n) is 12.8. The Balaban J connectivity index is 1.22. The Hall–Kier alpha value is -4.05. The third kappa shape index (κ3) is 4.91. The predicted molar refractivity (Wildman–Crippen MR) is 144 cm³/mol. The first-order chi connectivity index (χ1) is 18.5. The summed E-state index contributed by atoms with van der Waals surface area (Å²) in [5.41, 5.74) is 1.92. The lowest BCUT2D eigenvalue weighted by Crippen LogP contribution is -2.53. The molecule has 2 fully saturated rings. The van der Waals surface area contributed by atoms with Crippen LogP contribution in [0.1, 0.15) is 46.0 Å². The molecule has 194 valence electrons. The zero-order chi connectivity index (χ0) is 26.2. The second-order valence-corrected chi connectivity index (χ2v) is 11.0. The molecule has 0 spiro atoms. The third-order valence-corrected chi connectivity index (χ3v) is 8.31. The SMILES string of the molecule is O=C(N[C@H](C(=O)N[C@@H](CC1CCNC1=O)C(=O)c1nc2ccccc2s1)C1CC1)c1cc2ccccc2[nH]1. The van der Waals surface area contributed by atoms with Crippen LogP contribution >= 0.6 is 11.3 Å². The van der Waals surface area contributed by atoms with Crippen LogP contribution in [0.4, 0.5) is 0 Å². The highest BCUT2D eigenvalue weighted by atomic mass is 32.1. The molecular formula is C28H27N5O4S. The fraction of sp³-hybridized carbons (Fsp3) is 0.321. The smallest absolute Gasteiger partial charge is 0.268 e. The number of H-pyrrole nitrogens is 1. The number of benzene rings is 2. The average molecular weight is 530 g/mol. The van der Waals surface area contributed by atoms with Gasteiger partial charge in [0, 0.05) is 23.4 Å². The summed E-state index contributed by atoms with van der Waals surface area (Å²) in [5.74, 6) is -1.62. The molecule has 4 N–H and O–H groups in total. The Labute approximate surface area is 222 Å². The van der Waals surface area contributed by atoms with Crippen LogP contribution in [-0.4, -0.2) is 52.1 Å². The van der Waals surface area contributed by atoms with E-state index < -0.39 is 18.0 Å². The van der Waals surface area contributed by atoms with Crippen LogP contribution < -0.4 is 16.0 Å². The number of aromatic amines is 1. The van der Waals surface area contributed by atoms with Crippen LogP contribution in [0.5, 0.6) is 0 Å². The molecule has 2 aliphatic rings. The van der Waals surface area contributed by atoms with E-state index >= 15 is 0 Å². The first-order valence-corrected chi connectivity index (χ1v) is 13.6. The van der Waals surface area contributed by atoms with Gasteiger partial charge < -0.3 is 20.9 Å². The van der Waals surface area contributed by atoms with Crippen molar-refractivity contribution in [3.63, 3.8) is 0 Å². The van der Waals surface area contributed by atoms with Crippen molar-refractivity contribution in [1.82, 2.24) is 25.9 Å². The molecule has 2 aromatic heterocycles. The number of hydrogen-bond donors (Lipinski definition) is 4. The molecule has 3 amide bonds. The van der Waals surface area contributed by atoms with E-state index in [1.54, 1.807) is 6.07 Å². The minimum absolute atomic E-state index is 0.00342. The average Bonchev–Trinajstić information content (AvgIpc) is 3.32. The molecule has 4 aromatic rings. The van der Waals surface area contributed by atoms with Gasteiger partial charge in [0.05, 0.1) is 16.3 Å². The van der Waals surface area contributed by atoms with E-state index in [2.05, 4.69) is 25.9 Å². The Morgan fingerprint density at radius 2 is 1.82 bits per heavy atom. The molecule has 1 unspecified atom stereocenters. The summed E-state index contributed by atoms with van der Waals surface area (Å²) in [7, 11) is 0. The van der Waals surface area contributed by atoms with E-state index in [0.717, 1.165) is 28.4 Å². The van der Waals surface area contributed by atoms with Gasteiger partial charge in [-0.1, -0.05) is 30.3 Å². The Kier molecular flexibility index (Phi) is 6.40. The van der Waals surface area contributed by atoms with E-state index in [4.69, 9.17) is 0 Å². The number of nitrogens with zero attached hydrogens (tertiary/aromatic N) is 1. The molecule has 3 atom stereocenters. The van der Waals surface area contributed by atoms with E-state index in [1.165, 1.54) is 11.3 Å². The number of amides is 3. The molecule has 1 saturated carbocycles. The second-order valence-electron chi connectivity index (χ2n) is 9.98. The standard InChI is InChI=1S/C28H27N5O4S/c34-24(28-32-19-7-3-4-8-22(19)38-28)20(14-17-11-12-29-25(17)35)31-27(37)23(15-9-10-15)33-26(36)21-13-16-5-1-2-6-18(16)30-21/h1-8,13,15,17,20,23,30H,9-12,14H2,(H,29,35)(H,31,37)(H,33,36)/t17?,20-,23-/m0/s1. The second kappa shape index (κ2) is 10.0. The van der Waals surface area contributed by atoms with Gasteiger partial charge in [0.15, 0.2) is 5.01 Å². The van der Waals surface area contributed by atoms with Crippen LogP contribution in [0, 0.1) is 11.8 Å². The number of carbonyl (C=O) groups excluding carboxylic acids is 4. The van der Waals surface area contributed by atoms with Crippen molar-refractivity contribution >= 4 is 56.0 Å². The zero-order valence-electron chi connectivity index (χ0n) is 20.5. The largest absolute Gasteiger partial charge is 0.356 e. The van der Waals surface area contributed by atoms with Crippen molar-refractivity contribution in [1.29, 1.82) is 0 Å². The fourth-order valence-electron chi connectivity index (χ4n) is 5.02. The van der Waals surface area contributed by atoms with E-state index in [-0.39, 0.29) is 35.9 Å². The maximum Gasteiger partial charge on any atom is 0.268 e. The molecule has 0 radical (unpaired) electrons. The van der Waals surface area contributed by atoms with Gasteiger partial charge in [0.2, 0.25) is 17.6 Å². The minimum atomic E-state index is -0.928. The van der Waals surface area contributed by atoms with E-state index in [1.807, 2.05) is 48.5 Å². The third-order valence-electron chi connectivity index (χ3n) is 7.26. The van der Waals surface area contributed by atoms with Crippen molar-refractivity contribution in [3.05, 3.63) is 65.3 Å². The molecule has 3 heterocycles. The van der Waals surface area contributed by atoms with E-state index in [9.17, 15) is 19.2 Å². The fourth-order valence-corrected chi connectivity index (χ4v) is 5.98. The Morgan fingerprint density at radius 1 is 1.03 bits per heavy atom. The predicted octanol–water partition coefficient (Wildman–Crippen LogP) is 3.18. The van der Waals surface area contributed by atoms with Crippen LogP contribution in [0.15, 0.2) is 54.6 Å². The van der Waals surface area contributed by atoms with E-state index in [0.29, 0.717) is 29.2 Å². The molecule has 9 nitrogen and oxygen atoms in total. The van der Waals surface area contributed by atoms with Crippen molar-refractivity contribution in [3.8, 4) is 0 Å². The van der Waals surface area contributed by atoms with Crippen molar-refractivity contribution < 1.29 is 19.2 Å². The molecule has 6 rings (SSSR count). The van der Waals surface area contributed by atoms with Gasteiger partial charge in [-0.25, -0.2) is 4.98 Å². The topological polar surface area (TPSA) is 133 Å². The maximum atomic E-state index is 13.6. The number of carbonyl (C=O) groups is 4. The number of thiazole rings is 1. The molecule has 0 bridgehead atoms. The molecule has 2 aromatic carbocycles. The number of hydrogen-bond acceptors (Lipinski definition) is 6. The summed E-state index contributed by atoms with van der Waals surface area (Å²) in [6.45, 7) is 0.546. The Bertz CT molecular complexity index is 1490. The molecule has 38 heavy (non-hydrogen) atoms. The number of nitrogens with one attached hydrogen (secondary N) is 4. The summed E-state index contributed by atoms with van der Waals surface area (Å²) < 4.78 is 0.876. The summed E-state index contributed by atoms with van der Waals surface area (Å²) in [6.07, 6.45) is 2.40. The highest BCUT2D eigenvalue weighted by Gasteiger charge is 2.40. The summed E-state index contributed by atoms with van der Waals surface area (Å²) >= 11 is 1.27. The molecule has 1 aliphatic carbocycles. The minimum Gasteiger partial charge on any atom is -0.356 e. The quantitative estimate of drug-likeness (QED) is 0.247. The first kappa shape index (κ1) is 24.3. The monoisotopic (exact) mass is 529 g/mol. The van der Waals surface area contributed by atoms with Crippen molar-refractivity contribution in [2.24, 2.45) is 11.8 Å². The lowest BCUT2D eigenvalue weighted by molar-refractivity contribution is -0.125. The van der Waals surface area contributed by atoms with Gasteiger partial charge in [-0.3, -0.25) is 19.2 Å². The van der Waals surface area contributed by atoms with Gasteiger partial charge in [-0.15, -0.1) is 11.3 Å². The van der Waals surface area contributed by atoms with Gasteiger partial charge in [0.1, 0.15) is 11.7 Å². The summed E-state index contributed by atoms with van der Waals surface area (Å²) in [6, 6.07) is 15.1. The molecule has 1 saturated heterocycles.